The van der Waals surface area contributed by atoms with Crippen LogP contribution in [0.15, 0.2) is 36.4 Å². The third kappa shape index (κ3) is 3.46. The van der Waals surface area contributed by atoms with E-state index in [-0.39, 0.29) is 33.7 Å². The molecule has 1 aromatic heterocycles. The second kappa shape index (κ2) is 6.52. The fraction of sp³-hybridized carbons (Fsp3) is 0.0588. The molecule has 0 aliphatic rings. The van der Waals surface area contributed by atoms with Gasteiger partial charge in [-0.15, -0.1) is 0 Å². The van der Waals surface area contributed by atoms with E-state index in [1.807, 2.05) is 0 Å². The van der Waals surface area contributed by atoms with Crippen LogP contribution in [-0.2, 0) is 11.2 Å². The number of benzene rings is 2. The smallest absolute Gasteiger partial charge is 0.352 e. The lowest BCUT2D eigenvalue weighted by atomic mass is 10.1. The molecule has 8 heteroatoms. The van der Waals surface area contributed by atoms with Crippen molar-refractivity contribution in [3.63, 3.8) is 0 Å². The second-order valence-electron chi connectivity index (χ2n) is 5.35. The molecule has 0 aliphatic carbocycles. The van der Waals surface area contributed by atoms with E-state index < -0.39 is 23.5 Å². The summed E-state index contributed by atoms with van der Waals surface area (Å²) in [6, 6.07) is 7.63. The Hall–Kier alpha value is -2.93. The third-order valence-corrected chi connectivity index (χ3v) is 3.89. The molecule has 3 rings (SSSR count). The molecule has 0 bridgehead atoms. The van der Waals surface area contributed by atoms with Gasteiger partial charge in [0.25, 0.3) is 0 Å². The maximum absolute atomic E-state index is 13.8. The molecule has 0 spiro atoms. The average Bonchev–Trinajstić information content (AvgIpc) is 3.00. The van der Waals surface area contributed by atoms with Crippen LogP contribution in [0.4, 0.5) is 14.5 Å². The molecule has 0 fully saturated rings. The van der Waals surface area contributed by atoms with Crippen LogP contribution in [0, 0.1) is 11.6 Å². The first-order valence-electron chi connectivity index (χ1n) is 7.13. The van der Waals surface area contributed by atoms with Crippen molar-refractivity contribution in [1.29, 1.82) is 0 Å². The average molecular weight is 365 g/mol. The number of aromatic nitrogens is 1. The van der Waals surface area contributed by atoms with Crippen LogP contribution in [0.1, 0.15) is 16.1 Å². The summed E-state index contributed by atoms with van der Waals surface area (Å²) in [5.74, 6) is -2.90. The number of halogens is 3. The highest BCUT2D eigenvalue weighted by Crippen LogP contribution is 2.27. The van der Waals surface area contributed by atoms with Gasteiger partial charge in [0, 0.05) is 5.39 Å². The van der Waals surface area contributed by atoms with Crippen LogP contribution in [0.25, 0.3) is 10.9 Å². The van der Waals surface area contributed by atoms with Gasteiger partial charge in [-0.25, -0.2) is 13.6 Å². The molecule has 3 aromatic rings. The number of hydrogen-bond acceptors (Lipinski definition) is 2. The Labute approximate surface area is 145 Å². The van der Waals surface area contributed by atoms with Crippen molar-refractivity contribution >= 4 is 40.1 Å². The number of carboxylic acids is 1. The summed E-state index contributed by atoms with van der Waals surface area (Å²) < 4.78 is 27.0. The summed E-state index contributed by atoms with van der Waals surface area (Å²) in [7, 11) is 0. The van der Waals surface area contributed by atoms with Gasteiger partial charge in [0.1, 0.15) is 17.3 Å². The monoisotopic (exact) mass is 364 g/mol. The summed E-state index contributed by atoms with van der Waals surface area (Å²) in [4.78, 5) is 25.7. The summed E-state index contributed by atoms with van der Waals surface area (Å²) in [5.41, 5.74) is 0.557. The molecule has 25 heavy (non-hydrogen) atoms. The minimum atomic E-state index is -1.24. The van der Waals surface area contributed by atoms with Gasteiger partial charge in [0.05, 0.1) is 22.6 Å². The van der Waals surface area contributed by atoms with Gasteiger partial charge in [0.15, 0.2) is 0 Å². The number of fused-ring (bicyclic) bond motifs is 1. The zero-order chi connectivity index (χ0) is 18.1. The molecule has 2 aromatic carbocycles. The highest BCUT2D eigenvalue weighted by atomic mass is 35.5. The summed E-state index contributed by atoms with van der Waals surface area (Å²) in [6.45, 7) is 0. The van der Waals surface area contributed by atoms with Crippen molar-refractivity contribution < 1.29 is 23.5 Å². The van der Waals surface area contributed by atoms with E-state index in [0.29, 0.717) is 5.56 Å². The van der Waals surface area contributed by atoms with E-state index in [1.165, 1.54) is 24.3 Å². The molecule has 0 saturated carbocycles. The number of carbonyl (C=O) groups excluding carboxylic acids is 1. The van der Waals surface area contributed by atoms with Crippen molar-refractivity contribution in [2.75, 3.05) is 5.32 Å². The SMILES string of the molecule is O=C(Cc1ccc(F)c(Cl)c1)Nc1ccc(F)c2[nH]c(C(=O)O)cc12. The molecule has 3 N–H and O–H groups in total. The molecule has 1 heterocycles. The number of anilines is 1. The molecule has 0 aliphatic heterocycles. The number of carbonyl (C=O) groups is 2. The van der Waals surface area contributed by atoms with Crippen molar-refractivity contribution in [1.82, 2.24) is 4.98 Å². The van der Waals surface area contributed by atoms with E-state index in [2.05, 4.69) is 10.3 Å². The zero-order valence-corrected chi connectivity index (χ0v) is 13.3. The van der Waals surface area contributed by atoms with Crippen molar-refractivity contribution in [2.45, 2.75) is 6.42 Å². The summed E-state index contributed by atoms with van der Waals surface area (Å²) >= 11 is 5.68. The van der Waals surface area contributed by atoms with Crippen LogP contribution in [-0.4, -0.2) is 22.0 Å². The molecule has 5 nitrogen and oxygen atoms in total. The van der Waals surface area contributed by atoms with Crippen molar-refractivity contribution in [3.05, 3.63) is 64.3 Å². The number of rotatable bonds is 4. The number of aromatic amines is 1. The van der Waals surface area contributed by atoms with Gasteiger partial charge in [-0.3, -0.25) is 4.79 Å². The van der Waals surface area contributed by atoms with Gasteiger partial charge in [-0.2, -0.15) is 0 Å². The normalized spacial score (nSPS) is 10.8. The van der Waals surface area contributed by atoms with Crippen molar-refractivity contribution in [3.8, 4) is 0 Å². The van der Waals surface area contributed by atoms with Crippen LogP contribution in [0.2, 0.25) is 5.02 Å². The fourth-order valence-corrected chi connectivity index (χ4v) is 2.64. The molecular formula is C17H11ClF2N2O3. The zero-order valence-electron chi connectivity index (χ0n) is 12.6. The topological polar surface area (TPSA) is 82.2 Å². The first-order valence-corrected chi connectivity index (χ1v) is 7.51. The Kier molecular flexibility index (Phi) is 4.41. The third-order valence-electron chi connectivity index (χ3n) is 3.60. The van der Waals surface area contributed by atoms with Crippen LogP contribution in [0.3, 0.4) is 0 Å². The van der Waals surface area contributed by atoms with Gasteiger partial charge in [0.2, 0.25) is 5.91 Å². The van der Waals surface area contributed by atoms with E-state index in [4.69, 9.17) is 16.7 Å². The summed E-state index contributed by atoms with van der Waals surface area (Å²) in [6.07, 6.45) is -0.0743. The van der Waals surface area contributed by atoms with E-state index in [0.717, 1.165) is 12.1 Å². The molecule has 128 valence electrons. The number of H-pyrrole nitrogens is 1. The lowest BCUT2D eigenvalue weighted by Crippen LogP contribution is -2.14. The largest absolute Gasteiger partial charge is 0.477 e. The minimum absolute atomic E-state index is 0.0139. The molecule has 0 unspecified atom stereocenters. The van der Waals surface area contributed by atoms with Gasteiger partial charge in [-0.1, -0.05) is 17.7 Å². The van der Waals surface area contributed by atoms with Crippen LogP contribution < -0.4 is 5.32 Å². The first-order chi connectivity index (χ1) is 11.8. The molecule has 0 atom stereocenters. The number of aromatic carboxylic acids is 1. The van der Waals surface area contributed by atoms with Gasteiger partial charge >= 0.3 is 5.97 Å². The van der Waals surface area contributed by atoms with Gasteiger partial charge < -0.3 is 15.4 Å². The lowest BCUT2D eigenvalue weighted by Gasteiger charge is -2.07. The van der Waals surface area contributed by atoms with Crippen molar-refractivity contribution in [2.24, 2.45) is 0 Å². The summed E-state index contributed by atoms with van der Waals surface area (Å²) in [5, 5.41) is 11.7. The molecule has 0 radical (unpaired) electrons. The number of nitrogens with one attached hydrogen (secondary N) is 2. The molecular weight excluding hydrogens is 354 g/mol. The maximum Gasteiger partial charge on any atom is 0.352 e. The Morgan fingerprint density at radius 3 is 2.52 bits per heavy atom. The fourth-order valence-electron chi connectivity index (χ4n) is 2.44. The molecule has 1 amide bonds. The number of carboxylic acid groups (broad SMARTS) is 1. The Morgan fingerprint density at radius 2 is 1.84 bits per heavy atom. The quantitative estimate of drug-likeness (QED) is 0.655. The van der Waals surface area contributed by atoms with Gasteiger partial charge in [-0.05, 0) is 35.9 Å². The van der Waals surface area contributed by atoms with E-state index >= 15 is 0 Å². The second-order valence-corrected chi connectivity index (χ2v) is 5.75. The first kappa shape index (κ1) is 16.9. The van der Waals surface area contributed by atoms with E-state index in [1.54, 1.807) is 0 Å². The molecule has 0 saturated heterocycles. The Bertz CT molecular complexity index is 1000. The maximum atomic E-state index is 13.8. The van der Waals surface area contributed by atoms with Crippen LogP contribution >= 0.6 is 11.6 Å². The highest BCUT2D eigenvalue weighted by molar-refractivity contribution is 6.30. The highest BCUT2D eigenvalue weighted by Gasteiger charge is 2.15. The standard InChI is InChI=1S/C17H11ClF2N2O3/c18-10-5-8(1-2-11(10)19)6-15(23)21-13-4-3-12(20)16-9(13)7-14(22-16)17(24)25/h1-5,7,22H,6H2,(H,21,23)(H,24,25). The Balaban J connectivity index is 1.86. The predicted molar refractivity (Wildman–Crippen MR) is 89.0 cm³/mol. The van der Waals surface area contributed by atoms with E-state index in [9.17, 15) is 18.4 Å². The minimum Gasteiger partial charge on any atom is -0.477 e. The van der Waals surface area contributed by atoms with Crippen LogP contribution in [0.5, 0.6) is 0 Å². The number of hydrogen-bond donors (Lipinski definition) is 3. The Morgan fingerprint density at radius 1 is 1.12 bits per heavy atom. The lowest BCUT2D eigenvalue weighted by molar-refractivity contribution is -0.115. The predicted octanol–water partition coefficient (Wildman–Crippen LogP) is 3.98. The number of amides is 1.